The van der Waals surface area contributed by atoms with Crippen molar-refractivity contribution in [3.8, 4) is 0 Å². The summed E-state index contributed by atoms with van der Waals surface area (Å²) in [4.78, 5) is 0. The second-order valence-corrected chi connectivity index (χ2v) is 4.29. The molecule has 1 heterocycles. The highest BCUT2D eigenvalue weighted by Gasteiger charge is 2.23. The predicted molar refractivity (Wildman–Crippen MR) is 50.1 cm³/mol. The van der Waals surface area contributed by atoms with Crippen LogP contribution in [0.15, 0.2) is 0 Å². The summed E-state index contributed by atoms with van der Waals surface area (Å²) in [5.74, 6) is 2.13. The lowest BCUT2D eigenvalue weighted by atomic mass is 10.3. The Morgan fingerprint density at radius 1 is 1.70 bits per heavy atom. The first-order valence-corrected chi connectivity index (χ1v) is 5.37. The van der Waals surface area contributed by atoms with E-state index in [2.05, 4.69) is 19.6 Å². The van der Waals surface area contributed by atoms with E-state index >= 15 is 0 Å². The molecule has 1 fully saturated rings. The van der Waals surface area contributed by atoms with Crippen molar-refractivity contribution in [2.75, 3.05) is 18.1 Å². The zero-order chi connectivity index (χ0) is 7.40. The number of thiol groups is 1. The van der Waals surface area contributed by atoms with Crippen LogP contribution < -0.4 is 0 Å². The smallest absolute Gasteiger partial charge is 0.0666 e. The molecule has 1 nitrogen and oxygen atoms in total. The van der Waals surface area contributed by atoms with Crippen LogP contribution >= 0.6 is 24.4 Å². The van der Waals surface area contributed by atoms with Crippen molar-refractivity contribution in [2.24, 2.45) is 0 Å². The van der Waals surface area contributed by atoms with E-state index in [0.29, 0.717) is 6.10 Å². The third kappa shape index (κ3) is 2.36. The highest BCUT2D eigenvalue weighted by molar-refractivity contribution is 8.00. The summed E-state index contributed by atoms with van der Waals surface area (Å²) in [6.45, 7) is 3.11. The van der Waals surface area contributed by atoms with Crippen LogP contribution in [0.5, 0.6) is 0 Å². The van der Waals surface area contributed by atoms with Crippen LogP contribution in [-0.4, -0.2) is 29.5 Å². The highest BCUT2D eigenvalue weighted by Crippen LogP contribution is 2.25. The summed E-state index contributed by atoms with van der Waals surface area (Å²) in [6, 6.07) is 0. The van der Waals surface area contributed by atoms with Gasteiger partial charge in [-0.1, -0.05) is 0 Å². The molecule has 1 rings (SSSR count). The largest absolute Gasteiger partial charge is 0.377 e. The minimum atomic E-state index is 0.463. The third-order valence-corrected chi connectivity index (χ3v) is 3.74. The van der Waals surface area contributed by atoms with Crippen molar-refractivity contribution in [3.05, 3.63) is 0 Å². The molecule has 2 atom stereocenters. The van der Waals surface area contributed by atoms with Gasteiger partial charge >= 0.3 is 0 Å². The molecule has 0 aliphatic carbocycles. The fourth-order valence-corrected chi connectivity index (χ4v) is 2.47. The summed E-state index contributed by atoms with van der Waals surface area (Å²) in [5, 5.41) is 0.729. The third-order valence-electron chi connectivity index (χ3n) is 1.73. The topological polar surface area (TPSA) is 9.23 Å². The molecule has 0 saturated carbocycles. The Labute approximate surface area is 72.3 Å². The van der Waals surface area contributed by atoms with Crippen LogP contribution in [0.4, 0.5) is 0 Å². The minimum absolute atomic E-state index is 0.463. The Bertz CT molecular complexity index is 97.6. The molecule has 1 saturated heterocycles. The number of hydrogen-bond donors (Lipinski definition) is 1. The molecule has 0 bridgehead atoms. The van der Waals surface area contributed by atoms with Gasteiger partial charge in [0.15, 0.2) is 0 Å². The molecule has 0 amide bonds. The molecule has 1 aliphatic heterocycles. The van der Waals surface area contributed by atoms with Crippen LogP contribution in [0.25, 0.3) is 0 Å². The molecular formula is C7H14OS2. The van der Waals surface area contributed by atoms with Crippen LogP contribution in [0.2, 0.25) is 0 Å². The number of rotatable bonds is 3. The standard InChI is InChI=1S/C7H14OS2/c1-6-7(2-3-8-6)10-5-4-9/h6-7,9H,2-5H2,1H3. The highest BCUT2D eigenvalue weighted by atomic mass is 32.2. The summed E-state index contributed by atoms with van der Waals surface area (Å²) >= 11 is 6.15. The summed E-state index contributed by atoms with van der Waals surface area (Å²) < 4.78 is 5.42. The molecule has 0 aromatic rings. The molecule has 2 unspecified atom stereocenters. The van der Waals surface area contributed by atoms with Crippen LogP contribution in [0.1, 0.15) is 13.3 Å². The maximum atomic E-state index is 5.42. The van der Waals surface area contributed by atoms with Crippen molar-refractivity contribution in [1.82, 2.24) is 0 Å². The molecule has 0 aromatic heterocycles. The van der Waals surface area contributed by atoms with E-state index in [9.17, 15) is 0 Å². The van der Waals surface area contributed by atoms with Gasteiger partial charge in [-0.2, -0.15) is 24.4 Å². The van der Waals surface area contributed by atoms with Crippen LogP contribution in [0, 0.1) is 0 Å². The second kappa shape index (κ2) is 4.52. The molecule has 3 heteroatoms. The van der Waals surface area contributed by atoms with E-state index in [1.165, 1.54) is 6.42 Å². The number of hydrogen-bond acceptors (Lipinski definition) is 3. The van der Waals surface area contributed by atoms with E-state index in [1.54, 1.807) is 0 Å². The lowest BCUT2D eigenvalue weighted by molar-refractivity contribution is 0.127. The average Bonchev–Trinajstić information content (AvgIpc) is 2.31. The molecule has 0 aromatic carbocycles. The second-order valence-electron chi connectivity index (χ2n) is 2.50. The van der Waals surface area contributed by atoms with Crippen molar-refractivity contribution in [2.45, 2.75) is 24.7 Å². The number of thioether (sulfide) groups is 1. The molecule has 0 N–H and O–H groups in total. The van der Waals surface area contributed by atoms with Crippen molar-refractivity contribution in [1.29, 1.82) is 0 Å². The molecule has 0 radical (unpaired) electrons. The first-order valence-electron chi connectivity index (χ1n) is 3.68. The average molecular weight is 178 g/mol. The molecule has 0 spiro atoms. The first kappa shape index (κ1) is 8.75. The summed E-state index contributed by atoms with van der Waals surface area (Å²) in [5.41, 5.74) is 0. The lowest BCUT2D eigenvalue weighted by Gasteiger charge is -2.11. The van der Waals surface area contributed by atoms with Crippen LogP contribution in [-0.2, 0) is 4.74 Å². The van der Waals surface area contributed by atoms with Gasteiger partial charge in [-0.25, -0.2) is 0 Å². The van der Waals surface area contributed by atoms with Gasteiger partial charge in [0.25, 0.3) is 0 Å². The molecule has 60 valence electrons. The van der Waals surface area contributed by atoms with Crippen molar-refractivity contribution >= 4 is 24.4 Å². The molecular weight excluding hydrogens is 164 g/mol. The Morgan fingerprint density at radius 2 is 2.50 bits per heavy atom. The maximum Gasteiger partial charge on any atom is 0.0666 e. The number of ether oxygens (including phenoxy) is 1. The van der Waals surface area contributed by atoms with Gasteiger partial charge in [-0.15, -0.1) is 0 Å². The van der Waals surface area contributed by atoms with Gasteiger partial charge < -0.3 is 4.74 Å². The first-order chi connectivity index (χ1) is 4.84. The van der Waals surface area contributed by atoms with Gasteiger partial charge in [0.1, 0.15) is 0 Å². The van der Waals surface area contributed by atoms with Gasteiger partial charge in [0.05, 0.1) is 6.10 Å². The summed E-state index contributed by atoms with van der Waals surface area (Å²) in [7, 11) is 0. The fraction of sp³-hybridized carbons (Fsp3) is 1.00. The van der Waals surface area contributed by atoms with Gasteiger partial charge in [0, 0.05) is 17.6 Å². The predicted octanol–water partition coefficient (Wildman–Crippen LogP) is 1.83. The zero-order valence-electron chi connectivity index (χ0n) is 6.25. The van der Waals surface area contributed by atoms with E-state index in [-0.39, 0.29) is 0 Å². The van der Waals surface area contributed by atoms with E-state index in [4.69, 9.17) is 4.74 Å². The Morgan fingerprint density at radius 3 is 3.00 bits per heavy atom. The van der Waals surface area contributed by atoms with Gasteiger partial charge in [0.2, 0.25) is 0 Å². The molecule has 1 aliphatic rings. The summed E-state index contributed by atoms with van der Waals surface area (Å²) in [6.07, 6.45) is 1.68. The SMILES string of the molecule is CC1OCCC1SCCS. The maximum absolute atomic E-state index is 5.42. The molecule has 10 heavy (non-hydrogen) atoms. The monoisotopic (exact) mass is 178 g/mol. The lowest BCUT2D eigenvalue weighted by Crippen LogP contribution is -2.13. The van der Waals surface area contributed by atoms with E-state index in [1.807, 2.05) is 11.8 Å². The van der Waals surface area contributed by atoms with E-state index < -0.39 is 0 Å². The Balaban J connectivity index is 2.14. The van der Waals surface area contributed by atoms with Gasteiger partial charge in [-0.3, -0.25) is 0 Å². The quantitative estimate of drug-likeness (QED) is 0.660. The Hall–Kier alpha value is 0.660. The van der Waals surface area contributed by atoms with Gasteiger partial charge in [-0.05, 0) is 19.1 Å². The zero-order valence-corrected chi connectivity index (χ0v) is 7.96. The normalized spacial score (nSPS) is 33.0. The Kier molecular flexibility index (Phi) is 3.96. The van der Waals surface area contributed by atoms with E-state index in [0.717, 1.165) is 23.4 Å². The van der Waals surface area contributed by atoms with Crippen molar-refractivity contribution in [3.63, 3.8) is 0 Å². The van der Waals surface area contributed by atoms with Crippen molar-refractivity contribution < 1.29 is 4.74 Å². The van der Waals surface area contributed by atoms with Crippen LogP contribution in [0.3, 0.4) is 0 Å². The fourth-order valence-electron chi connectivity index (χ4n) is 1.14. The minimum Gasteiger partial charge on any atom is -0.377 e.